The Morgan fingerprint density at radius 1 is 1.11 bits per heavy atom. The summed E-state index contributed by atoms with van der Waals surface area (Å²) in [6, 6.07) is 6.73. The number of methoxy groups -OCH3 is 1. The maximum absolute atomic E-state index is 11.5. The van der Waals surface area contributed by atoms with Crippen LogP contribution in [0, 0.1) is 6.92 Å². The number of benzene rings is 1. The average Bonchev–Trinajstić information content (AvgIpc) is 2.39. The molecule has 0 unspecified atom stereocenters. The number of hydrogen-bond donors (Lipinski definition) is 0. The van der Waals surface area contributed by atoms with Gasteiger partial charge in [-0.1, -0.05) is 18.2 Å². The highest BCUT2D eigenvalue weighted by Gasteiger charge is 2.13. The smallest absolute Gasteiger partial charge is 0.430 e. The predicted octanol–water partition coefficient (Wildman–Crippen LogP) is 1.80. The van der Waals surface area contributed by atoms with Crippen molar-refractivity contribution in [1.29, 1.82) is 0 Å². The SMILES string of the molecule is COCCOC(=O)OOOC(=O)c1ccccc1C. The van der Waals surface area contributed by atoms with E-state index in [-0.39, 0.29) is 13.2 Å². The lowest BCUT2D eigenvalue weighted by Crippen LogP contribution is -2.14. The van der Waals surface area contributed by atoms with Crippen LogP contribution in [0.15, 0.2) is 24.3 Å². The third-order valence-electron chi connectivity index (χ3n) is 2.08. The summed E-state index contributed by atoms with van der Waals surface area (Å²) in [6.07, 6.45) is -1.13. The molecular weight excluding hydrogens is 256 g/mol. The Kier molecular flexibility index (Phi) is 6.34. The Morgan fingerprint density at radius 2 is 1.84 bits per heavy atom. The van der Waals surface area contributed by atoms with Gasteiger partial charge < -0.3 is 9.47 Å². The van der Waals surface area contributed by atoms with Gasteiger partial charge in [-0.2, -0.15) is 0 Å². The van der Waals surface area contributed by atoms with Crippen molar-refractivity contribution in [1.82, 2.24) is 0 Å². The van der Waals surface area contributed by atoms with Gasteiger partial charge in [0.1, 0.15) is 6.61 Å². The molecule has 0 radical (unpaired) electrons. The van der Waals surface area contributed by atoms with E-state index >= 15 is 0 Å². The fourth-order valence-electron chi connectivity index (χ4n) is 1.15. The van der Waals surface area contributed by atoms with Crippen molar-refractivity contribution in [2.75, 3.05) is 20.3 Å². The average molecular weight is 270 g/mol. The van der Waals surface area contributed by atoms with E-state index in [1.54, 1.807) is 31.2 Å². The molecule has 0 aliphatic rings. The van der Waals surface area contributed by atoms with Crippen LogP contribution in [0.3, 0.4) is 0 Å². The lowest BCUT2D eigenvalue weighted by atomic mass is 10.1. The molecule has 0 N–H and O–H groups in total. The van der Waals surface area contributed by atoms with E-state index in [4.69, 9.17) is 0 Å². The summed E-state index contributed by atoms with van der Waals surface area (Å²) in [5, 5.41) is 4.03. The lowest BCUT2D eigenvalue weighted by molar-refractivity contribution is -0.452. The van der Waals surface area contributed by atoms with Gasteiger partial charge in [-0.25, -0.2) is 14.5 Å². The monoisotopic (exact) mass is 270 g/mol. The number of carbonyl (C=O) groups is 2. The molecule has 1 aromatic carbocycles. The maximum atomic E-state index is 11.5. The van der Waals surface area contributed by atoms with Crippen LogP contribution in [-0.4, -0.2) is 32.4 Å². The Balaban J connectivity index is 2.28. The van der Waals surface area contributed by atoms with Gasteiger partial charge in [0.25, 0.3) is 0 Å². The second-order valence-electron chi connectivity index (χ2n) is 3.43. The second kappa shape index (κ2) is 8.06. The van der Waals surface area contributed by atoms with Crippen LogP contribution in [0.2, 0.25) is 0 Å². The van der Waals surface area contributed by atoms with Gasteiger partial charge in [-0.3, -0.25) is 4.89 Å². The summed E-state index contributed by atoms with van der Waals surface area (Å²) in [5.41, 5.74) is 1.01. The van der Waals surface area contributed by atoms with E-state index in [0.29, 0.717) is 11.1 Å². The highest BCUT2D eigenvalue weighted by atomic mass is 17.5. The number of carbonyl (C=O) groups excluding carboxylic acids is 2. The van der Waals surface area contributed by atoms with Gasteiger partial charge in [0.05, 0.1) is 17.2 Å². The Hall–Kier alpha value is -2.12. The fourth-order valence-corrected chi connectivity index (χ4v) is 1.15. The molecule has 7 nitrogen and oxygen atoms in total. The van der Waals surface area contributed by atoms with Crippen LogP contribution >= 0.6 is 0 Å². The van der Waals surface area contributed by atoms with Gasteiger partial charge in [0, 0.05) is 7.11 Å². The first kappa shape index (κ1) is 14.9. The molecule has 104 valence electrons. The zero-order valence-corrected chi connectivity index (χ0v) is 10.6. The normalized spacial score (nSPS) is 9.79. The van der Waals surface area contributed by atoms with E-state index in [9.17, 15) is 9.59 Å². The highest BCUT2D eigenvalue weighted by Crippen LogP contribution is 2.08. The van der Waals surface area contributed by atoms with Crippen LogP contribution in [0.1, 0.15) is 15.9 Å². The standard InChI is InChI=1S/C12H14O7/c1-9-5-3-4-6-10(9)11(13)17-19-18-12(14)16-8-7-15-2/h3-6H,7-8H2,1-2H3. The first-order chi connectivity index (χ1) is 9.15. The molecule has 0 saturated heterocycles. The van der Waals surface area contributed by atoms with Crippen molar-refractivity contribution in [2.24, 2.45) is 0 Å². The number of aryl methyl sites for hydroxylation is 1. The summed E-state index contributed by atoms with van der Waals surface area (Å²) in [5.74, 6) is -0.775. The molecule has 0 aliphatic carbocycles. The Labute approximate surface area is 109 Å². The molecule has 0 aliphatic heterocycles. The predicted molar refractivity (Wildman–Crippen MR) is 62.0 cm³/mol. The van der Waals surface area contributed by atoms with Crippen LogP contribution in [0.25, 0.3) is 0 Å². The van der Waals surface area contributed by atoms with E-state index in [2.05, 4.69) is 24.3 Å². The van der Waals surface area contributed by atoms with Crippen molar-refractivity contribution >= 4 is 12.1 Å². The minimum Gasteiger partial charge on any atom is -0.430 e. The van der Waals surface area contributed by atoms with Gasteiger partial charge in [-0.15, -0.1) is 0 Å². The summed E-state index contributed by atoms with van der Waals surface area (Å²) < 4.78 is 9.14. The molecule has 0 amide bonds. The molecule has 1 aromatic rings. The zero-order valence-electron chi connectivity index (χ0n) is 10.6. The van der Waals surface area contributed by atoms with E-state index in [1.807, 2.05) is 0 Å². The van der Waals surface area contributed by atoms with Crippen molar-refractivity contribution in [3.05, 3.63) is 35.4 Å². The molecule has 0 fully saturated rings. The van der Waals surface area contributed by atoms with Crippen LogP contribution in [0.4, 0.5) is 4.79 Å². The molecule has 0 atom stereocenters. The number of hydrogen-bond acceptors (Lipinski definition) is 7. The Bertz CT molecular complexity index is 430. The summed E-state index contributed by atoms with van der Waals surface area (Å²) in [4.78, 5) is 30.7. The molecule has 0 heterocycles. The van der Waals surface area contributed by atoms with Crippen molar-refractivity contribution < 1.29 is 33.9 Å². The number of rotatable bonds is 6. The van der Waals surface area contributed by atoms with Crippen molar-refractivity contribution in [3.63, 3.8) is 0 Å². The molecule has 0 spiro atoms. The quantitative estimate of drug-likeness (QED) is 0.337. The van der Waals surface area contributed by atoms with Crippen molar-refractivity contribution in [2.45, 2.75) is 6.92 Å². The lowest BCUT2D eigenvalue weighted by Gasteiger charge is -2.04. The Morgan fingerprint density at radius 3 is 2.53 bits per heavy atom. The molecule has 7 heteroatoms. The summed E-state index contributed by atoms with van der Waals surface area (Å²) >= 11 is 0. The maximum Gasteiger partial charge on any atom is 0.543 e. The largest absolute Gasteiger partial charge is 0.543 e. The van der Waals surface area contributed by atoms with Crippen LogP contribution in [-0.2, 0) is 24.3 Å². The van der Waals surface area contributed by atoms with Crippen molar-refractivity contribution in [3.8, 4) is 0 Å². The molecular formula is C12H14O7. The third kappa shape index (κ3) is 5.36. The van der Waals surface area contributed by atoms with Gasteiger partial charge in [-0.05, 0) is 18.6 Å². The van der Waals surface area contributed by atoms with E-state index in [1.165, 1.54) is 7.11 Å². The summed E-state index contributed by atoms with van der Waals surface area (Å²) in [7, 11) is 1.45. The minimum absolute atomic E-state index is 0.00440. The second-order valence-corrected chi connectivity index (χ2v) is 3.43. The summed E-state index contributed by atoms with van der Waals surface area (Å²) in [6.45, 7) is 1.96. The molecule has 19 heavy (non-hydrogen) atoms. The van der Waals surface area contributed by atoms with E-state index in [0.717, 1.165) is 0 Å². The third-order valence-corrected chi connectivity index (χ3v) is 2.08. The molecule has 0 saturated carbocycles. The number of ether oxygens (including phenoxy) is 2. The van der Waals surface area contributed by atoms with Crippen LogP contribution < -0.4 is 0 Å². The molecule has 1 rings (SSSR count). The van der Waals surface area contributed by atoms with E-state index < -0.39 is 12.1 Å². The van der Waals surface area contributed by atoms with Gasteiger partial charge >= 0.3 is 12.1 Å². The molecule has 0 aromatic heterocycles. The van der Waals surface area contributed by atoms with Crippen LogP contribution in [0.5, 0.6) is 0 Å². The topological polar surface area (TPSA) is 80.3 Å². The fraction of sp³-hybridized carbons (Fsp3) is 0.333. The first-order valence-electron chi connectivity index (χ1n) is 5.42. The van der Waals surface area contributed by atoms with Gasteiger partial charge in [0.15, 0.2) is 0 Å². The molecule has 0 bridgehead atoms. The first-order valence-corrected chi connectivity index (χ1v) is 5.42. The minimum atomic E-state index is -1.13. The highest BCUT2D eigenvalue weighted by molar-refractivity contribution is 5.90. The van der Waals surface area contributed by atoms with Gasteiger partial charge in [0.2, 0.25) is 0 Å². The zero-order chi connectivity index (χ0) is 14.1.